The molecule has 17 heteroatoms. The van der Waals surface area contributed by atoms with Crippen molar-refractivity contribution in [3.63, 3.8) is 0 Å². The van der Waals surface area contributed by atoms with Gasteiger partial charge in [0, 0.05) is 0 Å². The molecule has 0 atom stereocenters. The summed E-state index contributed by atoms with van der Waals surface area (Å²) in [7, 11) is 0. The molecule has 0 saturated heterocycles. The lowest BCUT2D eigenvalue weighted by Crippen LogP contribution is -2.74. The van der Waals surface area contributed by atoms with Crippen molar-refractivity contribution in [3.05, 3.63) is 12.2 Å². The maximum absolute atomic E-state index is 13.4. The van der Waals surface area contributed by atoms with Crippen LogP contribution in [-0.2, 0) is 0 Å². The summed E-state index contributed by atoms with van der Waals surface area (Å²) in [5.41, 5.74) is 0. The average Bonchev–Trinajstić information content (AvgIpc) is 2.56. The minimum Gasteiger partial charge on any atom is -0.195 e. The molecule has 0 radical (unpaired) electrons. The molecule has 0 bridgehead atoms. The first-order valence-electron chi connectivity index (χ1n) is 7.70. The Bertz CT molecular complexity index is 640. The molecule has 31 heavy (non-hydrogen) atoms. The minimum atomic E-state index is -8.59. The Kier molecular flexibility index (Phi) is 7.77. The van der Waals surface area contributed by atoms with Gasteiger partial charge in [0.25, 0.3) is 0 Å². The molecule has 0 nitrogen and oxygen atoms in total. The van der Waals surface area contributed by atoms with Crippen LogP contribution in [0.5, 0.6) is 0 Å². The van der Waals surface area contributed by atoms with Gasteiger partial charge in [-0.2, -0.15) is 74.6 Å². The number of halogens is 17. The van der Waals surface area contributed by atoms with Crippen molar-refractivity contribution in [2.75, 3.05) is 0 Å². The Hall–Kier alpha value is -1.45. The highest BCUT2D eigenvalue weighted by molar-refractivity contribution is 5.17. The number of unbranched alkanes of at least 4 members (excludes halogenated alkanes) is 2. The first-order valence-corrected chi connectivity index (χ1v) is 7.70. The number of alkyl halides is 17. The fourth-order valence-corrected chi connectivity index (χ4v) is 1.83. The molecule has 0 rings (SSSR count). The lowest BCUT2D eigenvalue weighted by molar-refractivity contribution is -0.459. The second kappa shape index (κ2) is 8.15. The van der Waals surface area contributed by atoms with Crippen molar-refractivity contribution in [2.24, 2.45) is 0 Å². The van der Waals surface area contributed by atoms with Crippen molar-refractivity contribution in [3.8, 4) is 0 Å². The molecule has 0 aliphatic heterocycles. The van der Waals surface area contributed by atoms with Crippen molar-refractivity contribution in [2.45, 2.75) is 73.8 Å². The quantitative estimate of drug-likeness (QED) is 0.163. The fourth-order valence-electron chi connectivity index (χ4n) is 1.83. The second-order valence-electron chi connectivity index (χ2n) is 6.11. The summed E-state index contributed by atoms with van der Waals surface area (Å²) in [6.07, 6.45) is -9.24. The van der Waals surface area contributed by atoms with E-state index in [1.165, 1.54) is 6.92 Å². The summed E-state index contributed by atoms with van der Waals surface area (Å²) in [5, 5.41) is 0. The maximum Gasteiger partial charge on any atom is 0.460 e. The highest BCUT2D eigenvalue weighted by Crippen LogP contribution is 2.64. The van der Waals surface area contributed by atoms with E-state index >= 15 is 0 Å². The van der Waals surface area contributed by atoms with Gasteiger partial charge in [0.15, 0.2) is 0 Å². The normalized spacial score (nSPS) is 16.3. The number of rotatable bonds is 10. The molecule has 0 fully saturated rings. The van der Waals surface area contributed by atoms with Gasteiger partial charge in [0.1, 0.15) is 0 Å². The van der Waals surface area contributed by atoms with Crippen LogP contribution >= 0.6 is 0 Å². The third-order valence-corrected chi connectivity index (χ3v) is 3.80. The van der Waals surface area contributed by atoms with Crippen molar-refractivity contribution >= 4 is 0 Å². The van der Waals surface area contributed by atoms with E-state index in [1.54, 1.807) is 0 Å². The number of hydrogen-bond donors (Lipinski definition) is 0. The number of allylic oxidation sites excluding steroid dienone is 2. The van der Waals surface area contributed by atoms with Gasteiger partial charge < -0.3 is 0 Å². The fraction of sp³-hybridized carbons (Fsp3) is 0.857. The van der Waals surface area contributed by atoms with Gasteiger partial charge in [-0.3, -0.25) is 0 Å². The van der Waals surface area contributed by atoms with Gasteiger partial charge in [-0.15, -0.1) is 0 Å². The zero-order chi connectivity index (χ0) is 25.5. The summed E-state index contributed by atoms with van der Waals surface area (Å²) < 4.78 is 220. The summed E-state index contributed by atoms with van der Waals surface area (Å²) in [4.78, 5) is 0. The molecule has 0 aromatic carbocycles. The van der Waals surface area contributed by atoms with Crippen LogP contribution < -0.4 is 0 Å². The zero-order valence-corrected chi connectivity index (χ0v) is 14.7. The van der Waals surface area contributed by atoms with Gasteiger partial charge in [-0.25, -0.2) is 0 Å². The molecular formula is C14H11F17. The largest absolute Gasteiger partial charge is 0.460 e. The zero-order valence-electron chi connectivity index (χ0n) is 14.7. The lowest BCUT2D eigenvalue weighted by Gasteiger charge is -2.42. The van der Waals surface area contributed by atoms with Crippen molar-refractivity contribution in [1.82, 2.24) is 0 Å². The SMILES string of the molecule is CCCCC=CC(F)(F)C(F)(F)C(F)(F)C(F)(F)C(F)(F)C(F)(F)C(F)(F)C(F)(F)F. The van der Waals surface area contributed by atoms with Crippen LogP contribution in [0.3, 0.4) is 0 Å². The Morgan fingerprint density at radius 2 is 0.806 bits per heavy atom. The predicted octanol–water partition coefficient (Wildman–Crippen LogP) is 7.74. The van der Waals surface area contributed by atoms with Crippen LogP contribution in [0.1, 0.15) is 26.2 Å². The van der Waals surface area contributed by atoms with Crippen molar-refractivity contribution in [1.29, 1.82) is 0 Å². The standard InChI is InChI=1S/C14H11F17/c1-2-3-4-5-6-7(15,16)8(17,18)9(19,20)10(21,22)11(23,24)12(25,26)13(27,28)14(29,30)31/h5-6H,2-4H2,1H3. The van der Waals surface area contributed by atoms with Crippen LogP contribution in [0.2, 0.25) is 0 Å². The van der Waals surface area contributed by atoms with Gasteiger partial charge in [0.05, 0.1) is 0 Å². The van der Waals surface area contributed by atoms with Gasteiger partial charge in [-0.1, -0.05) is 25.8 Å². The summed E-state index contributed by atoms with van der Waals surface area (Å²) in [6.45, 7) is 1.42. The van der Waals surface area contributed by atoms with Crippen molar-refractivity contribution < 1.29 is 74.6 Å². The Balaban J connectivity index is 6.53. The first-order chi connectivity index (χ1) is 13.3. The van der Waals surface area contributed by atoms with Crippen LogP contribution in [0, 0.1) is 0 Å². The molecule has 0 saturated carbocycles. The van der Waals surface area contributed by atoms with E-state index in [2.05, 4.69) is 0 Å². The minimum absolute atomic E-state index is 0.0240. The van der Waals surface area contributed by atoms with E-state index < -0.39 is 60.1 Å². The van der Waals surface area contributed by atoms with Crippen LogP contribution in [0.15, 0.2) is 12.2 Å². The van der Waals surface area contributed by atoms with E-state index in [4.69, 9.17) is 0 Å². The molecule has 0 N–H and O–H groups in total. The maximum atomic E-state index is 13.4. The second-order valence-corrected chi connectivity index (χ2v) is 6.11. The molecule has 0 unspecified atom stereocenters. The Labute approximate surface area is 162 Å². The molecule has 0 heterocycles. The molecule has 0 aliphatic carbocycles. The average molecular weight is 502 g/mol. The monoisotopic (exact) mass is 502 g/mol. The molecule has 0 aromatic rings. The van der Waals surface area contributed by atoms with E-state index in [0.717, 1.165) is 0 Å². The van der Waals surface area contributed by atoms with Gasteiger partial charge in [-0.05, 0) is 12.5 Å². The summed E-state index contributed by atoms with van der Waals surface area (Å²) >= 11 is 0. The molecule has 0 aliphatic rings. The Morgan fingerprint density at radius 3 is 1.13 bits per heavy atom. The topological polar surface area (TPSA) is 0 Å². The van der Waals surface area contributed by atoms with Gasteiger partial charge in [0.2, 0.25) is 0 Å². The van der Waals surface area contributed by atoms with E-state index in [1.807, 2.05) is 0 Å². The Morgan fingerprint density at radius 1 is 0.484 bits per heavy atom. The van der Waals surface area contributed by atoms with Gasteiger partial charge >= 0.3 is 47.6 Å². The number of hydrogen-bond acceptors (Lipinski definition) is 0. The molecule has 186 valence electrons. The molecule has 0 spiro atoms. The highest BCUT2D eigenvalue weighted by Gasteiger charge is 2.95. The summed E-state index contributed by atoms with van der Waals surface area (Å²) in [5.74, 6) is -56.1. The third-order valence-electron chi connectivity index (χ3n) is 3.80. The molecule has 0 amide bonds. The predicted molar refractivity (Wildman–Crippen MR) is 69.3 cm³/mol. The first kappa shape index (κ1) is 29.5. The van der Waals surface area contributed by atoms with E-state index in [0.29, 0.717) is 0 Å². The van der Waals surface area contributed by atoms with Crippen LogP contribution in [-0.4, -0.2) is 47.6 Å². The summed E-state index contributed by atoms with van der Waals surface area (Å²) in [6, 6.07) is 0. The van der Waals surface area contributed by atoms with E-state index in [9.17, 15) is 74.6 Å². The van der Waals surface area contributed by atoms with E-state index in [-0.39, 0.29) is 18.9 Å². The van der Waals surface area contributed by atoms with Crippen LogP contribution in [0.25, 0.3) is 0 Å². The smallest absolute Gasteiger partial charge is 0.195 e. The van der Waals surface area contributed by atoms with Crippen LogP contribution in [0.4, 0.5) is 74.6 Å². The molecular weight excluding hydrogens is 491 g/mol. The lowest BCUT2D eigenvalue weighted by atomic mass is 9.89. The highest BCUT2D eigenvalue weighted by atomic mass is 19.4. The molecule has 0 aromatic heterocycles. The third kappa shape index (κ3) is 4.28.